The first-order valence-corrected chi connectivity index (χ1v) is 7.82. The summed E-state index contributed by atoms with van der Waals surface area (Å²) in [4.78, 5) is 2.95. The van der Waals surface area contributed by atoms with Crippen molar-refractivity contribution in [3.63, 3.8) is 0 Å². The molecule has 0 radical (unpaired) electrons. The Morgan fingerprint density at radius 1 is 1.41 bits per heavy atom. The van der Waals surface area contributed by atoms with Gasteiger partial charge in [0.15, 0.2) is 0 Å². The highest BCUT2D eigenvalue weighted by Crippen LogP contribution is 2.28. The van der Waals surface area contributed by atoms with Crippen molar-refractivity contribution < 1.29 is 0 Å². The van der Waals surface area contributed by atoms with E-state index in [1.165, 1.54) is 41.9 Å². The number of aryl methyl sites for hydroxylation is 1. The van der Waals surface area contributed by atoms with Crippen molar-refractivity contribution in [1.82, 2.24) is 5.32 Å². The fraction of sp³-hybridized carbons (Fsp3) is 0.733. The summed E-state index contributed by atoms with van der Waals surface area (Å²) in [7, 11) is 0. The highest BCUT2D eigenvalue weighted by atomic mass is 32.1. The van der Waals surface area contributed by atoms with E-state index in [2.05, 4.69) is 38.2 Å². The van der Waals surface area contributed by atoms with E-state index in [1.54, 1.807) is 0 Å². The minimum Gasteiger partial charge on any atom is -0.311 e. The predicted octanol–water partition coefficient (Wildman–Crippen LogP) is 4.16. The van der Waals surface area contributed by atoms with Gasteiger partial charge in [-0.2, -0.15) is 0 Å². The van der Waals surface area contributed by atoms with Gasteiger partial charge in [-0.05, 0) is 51.2 Å². The first-order chi connectivity index (χ1) is 8.19. The average Bonchev–Trinajstić information content (AvgIpc) is 2.87. The zero-order valence-electron chi connectivity index (χ0n) is 11.3. The summed E-state index contributed by atoms with van der Waals surface area (Å²) in [5, 5.41) is 3.84. The molecule has 0 bridgehead atoms. The number of thiophene rings is 1. The average molecular weight is 251 g/mol. The molecular weight excluding hydrogens is 226 g/mol. The van der Waals surface area contributed by atoms with Crippen LogP contribution in [0.25, 0.3) is 0 Å². The van der Waals surface area contributed by atoms with Gasteiger partial charge in [0.2, 0.25) is 0 Å². The Labute approximate surface area is 110 Å². The summed E-state index contributed by atoms with van der Waals surface area (Å²) in [5.74, 6) is 0.919. The van der Waals surface area contributed by atoms with Crippen molar-refractivity contribution in [3.8, 4) is 0 Å². The predicted molar refractivity (Wildman–Crippen MR) is 76.8 cm³/mol. The molecule has 1 aromatic heterocycles. The van der Waals surface area contributed by atoms with Gasteiger partial charge in [0.25, 0.3) is 0 Å². The van der Waals surface area contributed by atoms with Crippen molar-refractivity contribution >= 4 is 11.3 Å². The molecule has 0 aromatic carbocycles. The van der Waals surface area contributed by atoms with Crippen molar-refractivity contribution in [2.75, 3.05) is 0 Å². The fourth-order valence-electron chi connectivity index (χ4n) is 3.07. The normalized spacial score (nSPS) is 26.3. The van der Waals surface area contributed by atoms with E-state index < -0.39 is 0 Å². The molecule has 0 spiro atoms. The molecule has 1 aromatic rings. The van der Waals surface area contributed by atoms with E-state index in [0.29, 0.717) is 6.04 Å². The fourth-order valence-corrected chi connectivity index (χ4v) is 4.08. The molecule has 0 saturated heterocycles. The van der Waals surface area contributed by atoms with E-state index in [-0.39, 0.29) is 0 Å². The second kappa shape index (κ2) is 6.01. The van der Waals surface area contributed by atoms with Gasteiger partial charge >= 0.3 is 0 Å². The van der Waals surface area contributed by atoms with Crippen LogP contribution in [0.15, 0.2) is 12.1 Å². The monoisotopic (exact) mass is 251 g/mol. The molecule has 1 saturated carbocycles. The molecule has 1 aliphatic carbocycles. The van der Waals surface area contributed by atoms with Gasteiger partial charge in [-0.15, -0.1) is 11.3 Å². The molecule has 96 valence electrons. The standard InChI is InChI=1S/C15H25NS/c1-4-13-6-5-7-15(13)16-11(2)10-14-9-8-12(3)17-14/h8-9,11,13,15-16H,4-7,10H2,1-3H3. The second-order valence-electron chi connectivity index (χ2n) is 5.49. The summed E-state index contributed by atoms with van der Waals surface area (Å²) in [6, 6.07) is 5.91. The maximum Gasteiger partial charge on any atom is 0.00978 e. The van der Waals surface area contributed by atoms with Crippen LogP contribution in [0.1, 0.15) is 49.3 Å². The molecule has 3 atom stereocenters. The maximum atomic E-state index is 3.84. The quantitative estimate of drug-likeness (QED) is 0.828. The van der Waals surface area contributed by atoms with Crippen LogP contribution in [0.3, 0.4) is 0 Å². The van der Waals surface area contributed by atoms with Crippen LogP contribution in [-0.2, 0) is 6.42 Å². The largest absolute Gasteiger partial charge is 0.311 e. The SMILES string of the molecule is CCC1CCCC1NC(C)Cc1ccc(C)s1. The maximum absolute atomic E-state index is 3.84. The Bertz CT molecular complexity index is 344. The highest BCUT2D eigenvalue weighted by molar-refractivity contribution is 7.11. The Balaban J connectivity index is 1.82. The van der Waals surface area contributed by atoms with Crippen molar-refractivity contribution in [2.45, 2.75) is 65.0 Å². The number of nitrogens with one attached hydrogen (secondary N) is 1. The lowest BCUT2D eigenvalue weighted by Gasteiger charge is -2.24. The zero-order valence-corrected chi connectivity index (χ0v) is 12.1. The first-order valence-electron chi connectivity index (χ1n) is 7.00. The Morgan fingerprint density at radius 3 is 2.88 bits per heavy atom. The van der Waals surface area contributed by atoms with Crippen molar-refractivity contribution in [2.24, 2.45) is 5.92 Å². The van der Waals surface area contributed by atoms with Crippen LogP contribution >= 0.6 is 11.3 Å². The first kappa shape index (κ1) is 13.1. The molecule has 2 rings (SSSR count). The third-order valence-electron chi connectivity index (χ3n) is 3.99. The van der Waals surface area contributed by atoms with Gasteiger partial charge < -0.3 is 5.32 Å². The summed E-state index contributed by atoms with van der Waals surface area (Å²) in [5.41, 5.74) is 0. The minimum atomic E-state index is 0.616. The molecule has 0 amide bonds. The molecule has 1 fully saturated rings. The summed E-state index contributed by atoms with van der Waals surface area (Å²) < 4.78 is 0. The molecule has 17 heavy (non-hydrogen) atoms. The van der Waals surface area contributed by atoms with E-state index in [9.17, 15) is 0 Å². The third-order valence-corrected chi connectivity index (χ3v) is 5.01. The topological polar surface area (TPSA) is 12.0 Å². The summed E-state index contributed by atoms with van der Waals surface area (Å²) >= 11 is 1.94. The number of hydrogen-bond acceptors (Lipinski definition) is 2. The molecule has 2 heteroatoms. The third kappa shape index (κ3) is 3.56. The molecule has 0 aliphatic heterocycles. The minimum absolute atomic E-state index is 0.616. The van der Waals surface area contributed by atoms with Crippen LogP contribution in [0.5, 0.6) is 0 Å². The lowest BCUT2D eigenvalue weighted by Crippen LogP contribution is -2.39. The van der Waals surface area contributed by atoms with Gasteiger partial charge in [-0.3, -0.25) is 0 Å². The lowest BCUT2D eigenvalue weighted by molar-refractivity contribution is 0.356. The molecular formula is C15H25NS. The molecule has 1 aliphatic rings. The van der Waals surface area contributed by atoms with Crippen LogP contribution < -0.4 is 5.32 Å². The van der Waals surface area contributed by atoms with Gasteiger partial charge in [0, 0.05) is 21.8 Å². The molecule has 3 unspecified atom stereocenters. The zero-order chi connectivity index (χ0) is 12.3. The molecule has 1 heterocycles. The second-order valence-corrected chi connectivity index (χ2v) is 6.86. The van der Waals surface area contributed by atoms with Crippen LogP contribution in [-0.4, -0.2) is 12.1 Å². The smallest absolute Gasteiger partial charge is 0.00978 e. The van der Waals surface area contributed by atoms with Crippen LogP contribution in [0.2, 0.25) is 0 Å². The van der Waals surface area contributed by atoms with Gasteiger partial charge in [-0.1, -0.05) is 19.8 Å². The Hall–Kier alpha value is -0.340. The van der Waals surface area contributed by atoms with Crippen molar-refractivity contribution in [3.05, 3.63) is 21.9 Å². The van der Waals surface area contributed by atoms with E-state index >= 15 is 0 Å². The van der Waals surface area contributed by atoms with Gasteiger partial charge in [0.1, 0.15) is 0 Å². The lowest BCUT2D eigenvalue weighted by atomic mass is 9.99. The molecule has 1 N–H and O–H groups in total. The number of hydrogen-bond donors (Lipinski definition) is 1. The van der Waals surface area contributed by atoms with E-state index in [0.717, 1.165) is 12.0 Å². The van der Waals surface area contributed by atoms with Gasteiger partial charge in [0.05, 0.1) is 0 Å². The highest BCUT2D eigenvalue weighted by Gasteiger charge is 2.26. The summed E-state index contributed by atoms with van der Waals surface area (Å²) in [6.07, 6.45) is 6.75. The van der Waals surface area contributed by atoms with Crippen LogP contribution in [0.4, 0.5) is 0 Å². The van der Waals surface area contributed by atoms with Crippen LogP contribution in [0, 0.1) is 12.8 Å². The van der Waals surface area contributed by atoms with Gasteiger partial charge in [-0.25, -0.2) is 0 Å². The number of rotatable bonds is 5. The Kier molecular flexibility index (Phi) is 4.63. The van der Waals surface area contributed by atoms with E-state index in [1.807, 2.05) is 11.3 Å². The summed E-state index contributed by atoms with van der Waals surface area (Å²) in [6.45, 7) is 6.86. The Morgan fingerprint density at radius 2 is 2.24 bits per heavy atom. The molecule has 1 nitrogen and oxygen atoms in total. The van der Waals surface area contributed by atoms with E-state index in [4.69, 9.17) is 0 Å². The van der Waals surface area contributed by atoms with Crippen molar-refractivity contribution in [1.29, 1.82) is 0 Å².